The molecule has 8 atom stereocenters. The van der Waals surface area contributed by atoms with E-state index in [2.05, 4.69) is 0 Å². The predicted molar refractivity (Wildman–Crippen MR) is 103 cm³/mol. The molecule has 15 nitrogen and oxygen atoms in total. The van der Waals surface area contributed by atoms with Gasteiger partial charge in [-0.3, -0.25) is 9.59 Å². The van der Waals surface area contributed by atoms with Crippen LogP contribution in [0.15, 0.2) is 0 Å². The molecule has 174 valence electrons. The lowest BCUT2D eigenvalue weighted by molar-refractivity contribution is -0.176. The Bertz CT molecular complexity index is 562. The van der Waals surface area contributed by atoms with Crippen molar-refractivity contribution in [3.05, 3.63) is 0 Å². The summed E-state index contributed by atoms with van der Waals surface area (Å²) in [6.07, 6.45) is -19.5. The van der Waals surface area contributed by atoms with Crippen LogP contribution in [0.4, 0.5) is 0 Å². The Morgan fingerprint density at radius 1 is 0.533 bits per heavy atom. The van der Waals surface area contributed by atoms with Gasteiger partial charge < -0.3 is 61.4 Å². The van der Waals surface area contributed by atoms with Crippen LogP contribution < -0.4 is 0 Å². The van der Waals surface area contributed by atoms with Crippen molar-refractivity contribution in [2.24, 2.45) is 0 Å². The van der Waals surface area contributed by atoms with Gasteiger partial charge in [0.2, 0.25) is 10.8 Å². The predicted octanol–water partition coefficient (Wildman–Crippen LogP) is -10.4. The smallest absolute Gasteiger partial charge is 0.425 e. The summed E-state index contributed by atoms with van der Waals surface area (Å²) in [5.74, 6) is 0. The summed E-state index contributed by atoms with van der Waals surface area (Å²) in [6.45, 7) is 0. The first-order valence-corrected chi connectivity index (χ1v) is 15.0. The van der Waals surface area contributed by atoms with Gasteiger partial charge in [0.1, 0.15) is 48.8 Å². The lowest BCUT2D eigenvalue weighted by atomic mass is 9.93. The molecule has 2 saturated heterocycles. The van der Waals surface area contributed by atoms with Crippen molar-refractivity contribution >= 4 is 59.4 Å². The van der Waals surface area contributed by atoms with Gasteiger partial charge in [-0.15, -0.1) is 0 Å². The van der Waals surface area contributed by atoms with Crippen LogP contribution in [0.3, 0.4) is 0 Å². The van der Waals surface area contributed by atoms with Crippen LogP contribution >= 0.6 is 0 Å². The van der Waals surface area contributed by atoms with Crippen LogP contribution in [-0.2, 0) is 30.2 Å². The Kier molecular flexibility index (Phi) is 9.73. The minimum Gasteiger partial charge on any atom is -0.425 e. The fraction of sp³-hybridized carbons (Fsp3) is 0.800. The third-order valence-electron chi connectivity index (χ3n) is 4.61. The summed E-state index contributed by atoms with van der Waals surface area (Å²) in [4.78, 5) is 26.0. The molecule has 2 fully saturated rings. The first-order chi connectivity index (χ1) is 14.1. The van der Waals surface area contributed by atoms with Gasteiger partial charge in [-0.05, 0) is 0 Å². The van der Waals surface area contributed by atoms with E-state index >= 15 is 0 Å². The maximum absolute atomic E-state index is 13.0. The summed E-state index contributed by atoms with van der Waals surface area (Å²) in [5, 5.41) is 77.6. The van der Waals surface area contributed by atoms with Crippen molar-refractivity contribution in [1.82, 2.24) is 0 Å². The van der Waals surface area contributed by atoms with Crippen LogP contribution in [0.5, 0.6) is 0 Å². The molecule has 0 saturated carbocycles. The third-order valence-corrected chi connectivity index (χ3v) is 14.7. The van der Waals surface area contributed by atoms with E-state index in [1.54, 1.807) is 0 Å². The second-order valence-corrected chi connectivity index (χ2v) is 16.9. The molecule has 2 aliphatic heterocycles. The van der Waals surface area contributed by atoms with E-state index in [1.807, 2.05) is 0 Å². The summed E-state index contributed by atoms with van der Waals surface area (Å²) >= 11 is 0. The van der Waals surface area contributed by atoms with Gasteiger partial charge in [-0.2, -0.15) is 0 Å². The normalized spacial score (nSPS) is 48.9. The summed E-state index contributed by atoms with van der Waals surface area (Å²) in [6, 6.07) is 0. The Morgan fingerprint density at radius 2 is 0.833 bits per heavy atom. The SMILES string of the molecule is O=C1C(O)C(O)C(O)C(O)C(O)C(O)C(O)C(O)C(=O)[Si]12O[SiH2]O[SiH2]O[SiH2]O[SiH2]O2. The Labute approximate surface area is 179 Å². The molecule has 0 bridgehead atoms. The van der Waals surface area contributed by atoms with Crippen LogP contribution in [0.25, 0.3) is 0 Å². The second kappa shape index (κ2) is 11.2. The Hall–Kier alpha value is -0.0956. The van der Waals surface area contributed by atoms with Crippen LogP contribution in [-0.4, -0.2) is 149 Å². The van der Waals surface area contributed by atoms with E-state index in [0.717, 1.165) is 0 Å². The molecule has 0 amide bonds. The van der Waals surface area contributed by atoms with Gasteiger partial charge in [0.05, 0.1) is 0 Å². The number of hydrogen-bond acceptors (Lipinski definition) is 15. The highest BCUT2D eigenvalue weighted by Gasteiger charge is 2.62. The highest BCUT2D eigenvalue weighted by atomic mass is 28.5. The fourth-order valence-corrected chi connectivity index (χ4v) is 14.9. The van der Waals surface area contributed by atoms with Gasteiger partial charge in [0.15, 0.2) is 0 Å². The van der Waals surface area contributed by atoms with Crippen molar-refractivity contribution < 1.29 is 71.0 Å². The summed E-state index contributed by atoms with van der Waals surface area (Å²) in [7, 11) is -12.3. The van der Waals surface area contributed by atoms with Crippen molar-refractivity contribution in [3.8, 4) is 0 Å². The lowest BCUT2D eigenvalue weighted by Gasteiger charge is -2.33. The zero-order chi connectivity index (χ0) is 22.6. The quantitative estimate of drug-likeness (QED) is 0.137. The molecule has 1 spiro atoms. The monoisotopic (exact) mass is 524 g/mol. The van der Waals surface area contributed by atoms with E-state index in [4.69, 9.17) is 20.6 Å². The number of rotatable bonds is 0. The maximum atomic E-state index is 13.0. The van der Waals surface area contributed by atoms with Gasteiger partial charge in [-0.1, -0.05) is 0 Å². The molecule has 0 aromatic rings. The topological polar surface area (TPSA) is 242 Å². The van der Waals surface area contributed by atoms with Crippen LogP contribution in [0.2, 0.25) is 0 Å². The Morgan fingerprint density at radius 3 is 1.20 bits per heavy atom. The standard InChI is InChI=1S/C10H24O15Si5/c11-1-2(12)4(14)6(16)8(18)10(20)30(9(19)7(17)5(15)3(1)13)24-28-22-26-21-27-23-29-25-30/h1-8,11-18H,26-29H2. The van der Waals surface area contributed by atoms with E-state index < -0.39 is 108 Å². The van der Waals surface area contributed by atoms with Gasteiger partial charge in [0.25, 0.3) is 40.0 Å². The van der Waals surface area contributed by atoms with Crippen LogP contribution in [0, 0.1) is 0 Å². The molecular formula is C10H24O15Si5. The highest BCUT2D eigenvalue weighted by Crippen LogP contribution is 2.23. The van der Waals surface area contributed by atoms with Gasteiger partial charge in [-0.25, -0.2) is 0 Å². The largest absolute Gasteiger partial charge is 0.469 e. The number of hydrogen-bond donors (Lipinski definition) is 8. The van der Waals surface area contributed by atoms with E-state index in [-0.39, 0.29) is 0 Å². The molecule has 2 aliphatic rings. The average molecular weight is 525 g/mol. The molecule has 20 heteroatoms. The number of aliphatic hydroxyl groups is 8. The van der Waals surface area contributed by atoms with Gasteiger partial charge >= 0.3 is 8.56 Å². The minimum atomic E-state index is -5.01. The fourth-order valence-electron chi connectivity index (χ4n) is 2.80. The molecule has 0 aromatic heterocycles. The maximum Gasteiger partial charge on any atom is 0.469 e. The zero-order valence-electron chi connectivity index (χ0n) is 15.4. The van der Waals surface area contributed by atoms with Crippen molar-refractivity contribution in [3.63, 3.8) is 0 Å². The molecular weight excluding hydrogens is 501 g/mol. The average Bonchev–Trinajstić information content (AvgIpc) is 2.76. The molecule has 0 radical (unpaired) electrons. The third kappa shape index (κ3) is 5.27. The van der Waals surface area contributed by atoms with E-state index in [1.165, 1.54) is 0 Å². The highest BCUT2D eigenvalue weighted by molar-refractivity contribution is 7.20. The zero-order valence-corrected chi connectivity index (χ0v) is 22.0. The molecule has 30 heavy (non-hydrogen) atoms. The molecule has 0 aromatic carbocycles. The van der Waals surface area contributed by atoms with E-state index in [9.17, 15) is 50.4 Å². The summed E-state index contributed by atoms with van der Waals surface area (Å²) in [5.41, 5.74) is 0. The first-order valence-electron chi connectivity index (χ1n) is 8.60. The molecule has 8 unspecified atom stereocenters. The molecule has 8 N–H and O–H groups in total. The summed E-state index contributed by atoms with van der Waals surface area (Å²) < 4.78 is 26.2. The van der Waals surface area contributed by atoms with Crippen molar-refractivity contribution in [1.29, 1.82) is 0 Å². The van der Waals surface area contributed by atoms with E-state index in [0.29, 0.717) is 0 Å². The Balaban J connectivity index is 2.55. The minimum absolute atomic E-state index is 1.51. The van der Waals surface area contributed by atoms with Crippen molar-refractivity contribution in [2.45, 2.75) is 48.8 Å². The molecule has 0 aliphatic carbocycles. The van der Waals surface area contributed by atoms with Crippen molar-refractivity contribution in [2.75, 3.05) is 0 Å². The second-order valence-electron chi connectivity index (χ2n) is 6.55. The van der Waals surface area contributed by atoms with Gasteiger partial charge in [0, 0.05) is 0 Å². The van der Waals surface area contributed by atoms with Crippen LogP contribution in [0.1, 0.15) is 0 Å². The molecule has 2 heterocycles. The number of aliphatic hydroxyl groups excluding tert-OH is 8. The first kappa shape index (κ1) is 26.2. The molecule has 2 rings (SSSR count). The number of carbonyl (C=O) groups is 2. The number of carbonyl (C=O) groups excluding carboxylic acids is 2. The lowest BCUT2D eigenvalue weighted by Crippen LogP contribution is -2.69.